The SMILES string of the molecule is CCC(O)CNc1nc(NC)ccc1[N+](=O)[O-]. The zero-order chi connectivity index (χ0) is 12.8. The highest BCUT2D eigenvalue weighted by Gasteiger charge is 2.16. The van der Waals surface area contributed by atoms with Gasteiger partial charge in [-0.2, -0.15) is 0 Å². The first kappa shape index (κ1) is 13.2. The molecule has 0 aliphatic rings. The fraction of sp³-hybridized carbons (Fsp3) is 0.500. The number of rotatable bonds is 6. The Balaban J connectivity index is 2.89. The standard InChI is InChI=1S/C10H16N4O3/c1-3-7(15)6-12-10-8(14(16)17)4-5-9(11-2)13-10/h4-5,7,15H,3,6H2,1-2H3,(H2,11,12,13). The first-order valence-electron chi connectivity index (χ1n) is 5.33. The molecule has 1 rings (SSSR count). The Hall–Kier alpha value is -1.89. The van der Waals surface area contributed by atoms with E-state index in [0.29, 0.717) is 12.2 Å². The lowest BCUT2D eigenvalue weighted by molar-refractivity contribution is -0.384. The third-order valence-electron chi connectivity index (χ3n) is 2.30. The lowest BCUT2D eigenvalue weighted by atomic mass is 10.3. The second kappa shape index (κ2) is 6.00. The van der Waals surface area contributed by atoms with Crippen LogP contribution in [-0.2, 0) is 0 Å². The summed E-state index contributed by atoms with van der Waals surface area (Å²) in [4.78, 5) is 14.3. The molecule has 1 unspecified atom stereocenters. The van der Waals surface area contributed by atoms with Crippen molar-refractivity contribution < 1.29 is 10.0 Å². The predicted octanol–water partition coefficient (Wildman–Crippen LogP) is 1.21. The van der Waals surface area contributed by atoms with Gasteiger partial charge in [-0.3, -0.25) is 10.1 Å². The third kappa shape index (κ3) is 3.56. The number of pyridine rings is 1. The number of anilines is 2. The van der Waals surface area contributed by atoms with Gasteiger partial charge < -0.3 is 15.7 Å². The molecule has 0 saturated heterocycles. The third-order valence-corrected chi connectivity index (χ3v) is 2.30. The number of nitrogens with one attached hydrogen (secondary N) is 2. The van der Waals surface area contributed by atoms with Gasteiger partial charge in [0.2, 0.25) is 5.82 Å². The topological polar surface area (TPSA) is 100 Å². The second-order valence-electron chi connectivity index (χ2n) is 3.51. The van der Waals surface area contributed by atoms with Gasteiger partial charge in [-0.25, -0.2) is 4.98 Å². The quantitative estimate of drug-likeness (QED) is 0.510. The summed E-state index contributed by atoms with van der Waals surface area (Å²) in [6.07, 6.45) is 0.0293. The van der Waals surface area contributed by atoms with Crippen LogP contribution in [-0.4, -0.2) is 34.7 Å². The Morgan fingerprint density at radius 1 is 1.59 bits per heavy atom. The molecule has 0 spiro atoms. The summed E-state index contributed by atoms with van der Waals surface area (Å²) >= 11 is 0. The maximum absolute atomic E-state index is 10.8. The van der Waals surface area contributed by atoms with Crippen LogP contribution in [0.25, 0.3) is 0 Å². The normalized spacial score (nSPS) is 11.9. The van der Waals surface area contributed by atoms with E-state index < -0.39 is 11.0 Å². The monoisotopic (exact) mass is 240 g/mol. The van der Waals surface area contributed by atoms with Crippen molar-refractivity contribution in [3.05, 3.63) is 22.2 Å². The van der Waals surface area contributed by atoms with E-state index in [1.807, 2.05) is 6.92 Å². The van der Waals surface area contributed by atoms with Gasteiger partial charge in [0, 0.05) is 19.7 Å². The zero-order valence-electron chi connectivity index (χ0n) is 9.80. The van der Waals surface area contributed by atoms with Crippen LogP contribution in [0, 0.1) is 10.1 Å². The Kier molecular flexibility index (Phi) is 4.65. The molecule has 3 N–H and O–H groups in total. The van der Waals surface area contributed by atoms with Crippen molar-refractivity contribution in [3.63, 3.8) is 0 Å². The van der Waals surface area contributed by atoms with Gasteiger partial charge in [-0.1, -0.05) is 6.92 Å². The average molecular weight is 240 g/mol. The van der Waals surface area contributed by atoms with Crippen LogP contribution < -0.4 is 10.6 Å². The van der Waals surface area contributed by atoms with E-state index >= 15 is 0 Å². The molecule has 7 heteroatoms. The largest absolute Gasteiger partial charge is 0.391 e. The summed E-state index contributed by atoms with van der Waals surface area (Å²) in [7, 11) is 1.68. The molecule has 1 heterocycles. The van der Waals surface area contributed by atoms with Gasteiger partial charge in [0.15, 0.2) is 0 Å². The molecule has 94 valence electrons. The summed E-state index contributed by atoms with van der Waals surface area (Å²) in [6, 6.07) is 2.90. The highest BCUT2D eigenvalue weighted by molar-refractivity contribution is 5.60. The van der Waals surface area contributed by atoms with Gasteiger partial charge in [-0.15, -0.1) is 0 Å². The summed E-state index contributed by atoms with van der Waals surface area (Å²) < 4.78 is 0. The molecule has 0 bridgehead atoms. The van der Waals surface area contributed by atoms with Gasteiger partial charge in [0.05, 0.1) is 11.0 Å². The minimum absolute atomic E-state index is 0.104. The molecule has 7 nitrogen and oxygen atoms in total. The Labute approximate surface area is 99.0 Å². The van der Waals surface area contributed by atoms with E-state index in [1.165, 1.54) is 12.1 Å². The number of hydrogen-bond acceptors (Lipinski definition) is 6. The van der Waals surface area contributed by atoms with Crippen molar-refractivity contribution in [3.8, 4) is 0 Å². The molecule has 0 saturated carbocycles. The number of aromatic nitrogens is 1. The minimum atomic E-state index is -0.547. The lowest BCUT2D eigenvalue weighted by Gasteiger charge is -2.11. The molecule has 1 atom stereocenters. The summed E-state index contributed by atoms with van der Waals surface area (Å²) in [6.45, 7) is 2.07. The van der Waals surface area contributed by atoms with Crippen LogP contribution in [0.4, 0.5) is 17.3 Å². The lowest BCUT2D eigenvalue weighted by Crippen LogP contribution is -2.19. The van der Waals surface area contributed by atoms with Crippen molar-refractivity contribution in [1.29, 1.82) is 0 Å². The van der Waals surface area contributed by atoms with Crippen molar-refractivity contribution in [2.75, 3.05) is 24.2 Å². The van der Waals surface area contributed by atoms with E-state index in [2.05, 4.69) is 15.6 Å². The van der Waals surface area contributed by atoms with Crippen LogP contribution >= 0.6 is 0 Å². The molecule has 0 aromatic carbocycles. The number of hydrogen-bond donors (Lipinski definition) is 3. The average Bonchev–Trinajstić information content (AvgIpc) is 2.35. The predicted molar refractivity (Wildman–Crippen MR) is 65.2 cm³/mol. The van der Waals surface area contributed by atoms with Crippen LogP contribution in [0.2, 0.25) is 0 Å². The fourth-order valence-corrected chi connectivity index (χ4v) is 1.23. The van der Waals surface area contributed by atoms with E-state index in [9.17, 15) is 15.2 Å². The number of aliphatic hydroxyl groups is 1. The molecule has 0 aliphatic heterocycles. The highest BCUT2D eigenvalue weighted by atomic mass is 16.6. The van der Waals surface area contributed by atoms with Gasteiger partial charge in [0.1, 0.15) is 5.82 Å². The summed E-state index contributed by atoms with van der Waals surface area (Å²) in [5, 5.41) is 25.8. The van der Waals surface area contributed by atoms with Crippen LogP contribution in [0.3, 0.4) is 0 Å². The number of nitrogens with zero attached hydrogens (tertiary/aromatic N) is 2. The Morgan fingerprint density at radius 2 is 2.29 bits per heavy atom. The first-order chi connectivity index (χ1) is 8.08. The van der Waals surface area contributed by atoms with Gasteiger partial charge in [-0.05, 0) is 12.5 Å². The van der Waals surface area contributed by atoms with Gasteiger partial charge >= 0.3 is 5.69 Å². The molecule has 1 aromatic rings. The van der Waals surface area contributed by atoms with Crippen molar-refractivity contribution >= 4 is 17.3 Å². The van der Waals surface area contributed by atoms with E-state index in [4.69, 9.17) is 0 Å². The van der Waals surface area contributed by atoms with E-state index in [-0.39, 0.29) is 18.1 Å². The van der Waals surface area contributed by atoms with Crippen LogP contribution in [0.5, 0.6) is 0 Å². The number of aliphatic hydroxyl groups excluding tert-OH is 1. The van der Waals surface area contributed by atoms with Crippen LogP contribution in [0.15, 0.2) is 12.1 Å². The van der Waals surface area contributed by atoms with Crippen molar-refractivity contribution in [2.24, 2.45) is 0 Å². The molecule has 0 aliphatic carbocycles. The van der Waals surface area contributed by atoms with E-state index in [1.54, 1.807) is 7.05 Å². The van der Waals surface area contributed by atoms with Gasteiger partial charge in [0.25, 0.3) is 0 Å². The Bertz CT molecular complexity index is 397. The smallest absolute Gasteiger partial charge is 0.311 e. The Morgan fingerprint density at radius 3 is 2.82 bits per heavy atom. The van der Waals surface area contributed by atoms with Crippen molar-refractivity contribution in [2.45, 2.75) is 19.4 Å². The molecular formula is C10H16N4O3. The summed E-state index contributed by atoms with van der Waals surface area (Å²) in [5.74, 6) is 0.693. The minimum Gasteiger partial charge on any atom is -0.391 e. The molecule has 0 fully saturated rings. The maximum atomic E-state index is 10.8. The molecule has 0 radical (unpaired) electrons. The summed E-state index contributed by atoms with van der Waals surface area (Å²) in [5.41, 5.74) is -0.104. The highest BCUT2D eigenvalue weighted by Crippen LogP contribution is 2.23. The molecule has 0 amide bonds. The molecule has 1 aromatic heterocycles. The van der Waals surface area contributed by atoms with E-state index in [0.717, 1.165) is 0 Å². The number of nitro groups is 1. The van der Waals surface area contributed by atoms with Crippen LogP contribution in [0.1, 0.15) is 13.3 Å². The zero-order valence-corrected chi connectivity index (χ0v) is 9.80. The second-order valence-corrected chi connectivity index (χ2v) is 3.51. The molecule has 17 heavy (non-hydrogen) atoms. The molecular weight excluding hydrogens is 224 g/mol. The first-order valence-corrected chi connectivity index (χ1v) is 5.33. The van der Waals surface area contributed by atoms with Crippen molar-refractivity contribution in [1.82, 2.24) is 4.98 Å². The maximum Gasteiger partial charge on any atom is 0.311 e. The fourth-order valence-electron chi connectivity index (χ4n) is 1.23.